The van der Waals surface area contributed by atoms with Gasteiger partial charge in [-0.15, -0.1) is 0 Å². The lowest BCUT2D eigenvalue weighted by molar-refractivity contribution is 0.125. The molecule has 0 saturated carbocycles. The summed E-state index contributed by atoms with van der Waals surface area (Å²) in [5, 5.41) is 0. The molecule has 2 aromatic heterocycles. The van der Waals surface area contributed by atoms with Crippen LogP contribution in [0, 0.1) is 5.41 Å². The second-order valence-electron chi connectivity index (χ2n) is 11.7. The molecule has 0 spiro atoms. The van der Waals surface area contributed by atoms with Gasteiger partial charge in [0.25, 0.3) is 5.56 Å². The maximum absolute atomic E-state index is 12.8. The van der Waals surface area contributed by atoms with Crippen molar-refractivity contribution in [1.82, 2.24) is 15.0 Å². The minimum atomic E-state index is -0.294. The van der Waals surface area contributed by atoms with Gasteiger partial charge in [0.2, 0.25) is 0 Å². The van der Waals surface area contributed by atoms with E-state index in [4.69, 9.17) is 2.74 Å². The van der Waals surface area contributed by atoms with E-state index in [1.165, 1.54) is 17.8 Å². The van der Waals surface area contributed by atoms with Crippen LogP contribution in [0.2, 0.25) is 0 Å². The monoisotopic (exact) mass is 777 g/mol. The number of hydrogen-bond acceptors (Lipinski definition) is 4. The molecule has 1 aliphatic rings. The van der Waals surface area contributed by atoms with E-state index in [9.17, 15) is 4.79 Å². The molecule has 0 atom stereocenters. The first-order valence-electron chi connectivity index (χ1n) is 13.1. The molecule has 2 N–H and O–H groups in total. The van der Waals surface area contributed by atoms with Crippen LogP contribution in [-0.2, 0) is 127 Å². The standard InChI is InChI=1S/C25H33N3O.S12/c1-22(2,3)19-11-10-14(21(29)28-19)20-26-17-12-15-16(13-18(17)27-20)24(6,7)25(8,9)23(15,4)5;1-3-5-7-9-11-12-10-8-6-4-2/h10-13H,1-9H3,(H,26,27)(H,28,29);/i12D,13D;. The van der Waals surface area contributed by atoms with Gasteiger partial charge in [-0.3, -0.25) is 4.79 Å². The van der Waals surface area contributed by atoms with E-state index < -0.39 is 0 Å². The third kappa shape index (κ3) is 7.93. The van der Waals surface area contributed by atoms with Crippen molar-refractivity contribution in [3.63, 3.8) is 0 Å². The quantitative estimate of drug-likeness (QED) is 0.329. The van der Waals surface area contributed by atoms with E-state index in [1.54, 1.807) is 77.1 Å². The average molecular weight is 778 g/mol. The van der Waals surface area contributed by atoms with Crippen LogP contribution in [0.4, 0.5) is 0 Å². The molecule has 0 saturated heterocycles. The zero-order valence-electron chi connectivity index (χ0n) is 25.9. The van der Waals surface area contributed by atoms with Crippen LogP contribution >= 0.6 is 0 Å². The number of aromatic nitrogens is 3. The van der Waals surface area contributed by atoms with E-state index in [1.807, 2.05) is 26.8 Å². The average Bonchev–Trinajstić information content (AvgIpc) is 3.41. The summed E-state index contributed by atoms with van der Waals surface area (Å²) in [7, 11) is 16.3. The lowest BCUT2D eigenvalue weighted by Crippen LogP contribution is -2.42. The van der Waals surface area contributed by atoms with Gasteiger partial charge in [0.05, 0.1) is 19.3 Å². The molecule has 2 heterocycles. The van der Waals surface area contributed by atoms with E-state index in [2.05, 4.69) is 78.9 Å². The van der Waals surface area contributed by atoms with Crippen LogP contribution in [-0.4, -0.2) is 15.0 Å². The molecule has 4 rings (SSSR count). The zero-order valence-corrected chi connectivity index (χ0v) is 33.7. The van der Waals surface area contributed by atoms with Crippen molar-refractivity contribution in [2.24, 2.45) is 5.41 Å². The second-order valence-corrected chi connectivity index (χ2v) is 29.4. The molecule has 0 fully saturated rings. The minimum Gasteiger partial charge on any atom is -0.338 e. The molecule has 0 aliphatic heterocycles. The Morgan fingerprint density at radius 3 is 1.73 bits per heavy atom. The van der Waals surface area contributed by atoms with Crippen LogP contribution in [0.25, 0.3) is 22.4 Å². The summed E-state index contributed by atoms with van der Waals surface area (Å²) < 4.78 is 18.1. The van der Waals surface area contributed by atoms with Crippen molar-refractivity contribution >= 4 is 122 Å². The molecule has 1 aromatic carbocycles. The summed E-state index contributed by atoms with van der Waals surface area (Å²) in [5.41, 5.74) is 2.95. The third-order valence-electron chi connectivity index (χ3n) is 8.04. The summed E-state index contributed by atoms with van der Waals surface area (Å²) in [4.78, 5) is 23.6. The lowest BCUT2D eigenvalue weighted by atomic mass is 9.59. The van der Waals surface area contributed by atoms with Crippen LogP contribution in [0.1, 0.15) is 81.9 Å². The van der Waals surface area contributed by atoms with Crippen molar-refractivity contribution in [1.29, 1.82) is 0 Å². The predicted molar refractivity (Wildman–Crippen MR) is 209 cm³/mol. The summed E-state index contributed by atoms with van der Waals surface area (Å²) in [6, 6.07) is 4.41. The lowest BCUT2D eigenvalue weighted by Gasteiger charge is -2.44. The Hall–Kier alpha value is 0.280. The molecule has 0 bridgehead atoms. The van der Waals surface area contributed by atoms with Gasteiger partial charge in [0.1, 0.15) is 5.82 Å². The normalized spacial score (nSPS) is 16.5. The summed E-state index contributed by atoms with van der Waals surface area (Å²) >= 11 is 9.38. The van der Waals surface area contributed by atoms with Crippen LogP contribution in [0.15, 0.2) is 29.0 Å². The number of nitrogens with zero attached hydrogens (tertiary/aromatic N) is 1. The highest BCUT2D eigenvalue weighted by atomic mass is 33.4. The number of benzene rings is 1. The highest BCUT2D eigenvalue weighted by molar-refractivity contribution is 8.75. The van der Waals surface area contributed by atoms with Crippen LogP contribution in [0.5, 0.6) is 0 Å². The van der Waals surface area contributed by atoms with Crippen molar-refractivity contribution in [3.8, 4) is 11.4 Å². The fourth-order valence-electron chi connectivity index (χ4n) is 4.58. The Balaban J connectivity index is 0.000000359. The number of rotatable bonds is 1. The SMILES string of the molecule is S=S=S=S=S=S=S=S=S=S=S=S.[2H]c1c2c(c([2H])c3[nH]c(-c4ccc(C(C)(C)C)[nH]c4=O)nc13)C(C)(C)C(C)(C)C2(C)C. The zero-order chi connectivity index (χ0) is 32.4. The van der Waals surface area contributed by atoms with Gasteiger partial charge in [-0.25, -0.2) is 4.98 Å². The number of hydrogen-bond donors (Lipinski definition) is 2. The third-order valence-corrected chi connectivity index (χ3v) is 28.0. The molecular formula is C25H33N3OS12. The second kappa shape index (κ2) is 14.6. The molecular weight excluding hydrogens is 743 g/mol. The molecule has 226 valence electrons. The summed E-state index contributed by atoms with van der Waals surface area (Å²) in [6.07, 6.45) is 0. The molecule has 16 heteroatoms. The fraction of sp³-hybridized carbons (Fsp3) is 0.520. The first-order valence-corrected chi connectivity index (χ1v) is 26.8. The predicted octanol–water partition coefficient (Wildman–Crippen LogP) is 5.78. The van der Waals surface area contributed by atoms with Crippen LogP contribution in [0.3, 0.4) is 0 Å². The smallest absolute Gasteiger partial charge is 0.259 e. The Kier molecular flexibility index (Phi) is 11.6. The molecule has 3 aromatic rings. The largest absolute Gasteiger partial charge is 0.338 e. The molecule has 0 unspecified atom stereocenters. The number of imidazole rings is 1. The van der Waals surface area contributed by atoms with E-state index in [0.29, 0.717) is 34.5 Å². The molecule has 4 nitrogen and oxygen atoms in total. The number of aromatic amines is 2. The number of fused-ring (bicyclic) bond motifs is 2. The molecule has 1 aliphatic carbocycles. The fourth-order valence-corrected chi connectivity index (χ4v) is 26.5. The van der Waals surface area contributed by atoms with Gasteiger partial charge in [-0.2, -0.15) is 0 Å². The van der Waals surface area contributed by atoms with Gasteiger partial charge in [-0.05, 0) is 51.6 Å². The van der Waals surface area contributed by atoms with E-state index in [-0.39, 0.29) is 27.2 Å². The van der Waals surface area contributed by atoms with Crippen molar-refractivity contribution < 1.29 is 2.74 Å². The Morgan fingerprint density at radius 2 is 1.27 bits per heavy atom. The van der Waals surface area contributed by atoms with Gasteiger partial charge in [0.15, 0.2) is 0 Å². The Bertz CT molecular complexity index is 1990. The number of nitrogens with one attached hydrogen (secondary N) is 2. The highest BCUT2D eigenvalue weighted by Gasteiger charge is 2.56. The molecule has 0 radical (unpaired) electrons. The van der Waals surface area contributed by atoms with Gasteiger partial charge >= 0.3 is 0 Å². The first-order chi connectivity index (χ1) is 19.9. The maximum atomic E-state index is 12.8. The Labute approximate surface area is 283 Å². The van der Waals surface area contributed by atoms with Crippen molar-refractivity contribution in [2.45, 2.75) is 78.6 Å². The molecule has 41 heavy (non-hydrogen) atoms. The van der Waals surface area contributed by atoms with E-state index >= 15 is 0 Å². The van der Waals surface area contributed by atoms with Crippen molar-refractivity contribution in [2.75, 3.05) is 0 Å². The molecule has 0 amide bonds. The van der Waals surface area contributed by atoms with Crippen LogP contribution < -0.4 is 5.56 Å². The first kappa shape index (κ1) is 32.7. The van der Waals surface area contributed by atoms with Gasteiger partial charge < -0.3 is 9.97 Å². The summed E-state index contributed by atoms with van der Waals surface area (Å²) in [5.74, 6) is 0.400. The van der Waals surface area contributed by atoms with E-state index in [0.717, 1.165) is 16.8 Å². The number of pyridine rings is 1. The maximum Gasteiger partial charge on any atom is 0.259 e. The summed E-state index contributed by atoms with van der Waals surface area (Å²) in [6.45, 7) is 19.2. The topological polar surface area (TPSA) is 61.5 Å². The Morgan fingerprint density at radius 1 is 0.780 bits per heavy atom. The number of H-pyrrole nitrogens is 2. The van der Waals surface area contributed by atoms with Gasteiger partial charge in [-0.1, -0.05) is 62.3 Å². The van der Waals surface area contributed by atoms with Gasteiger partial charge in [0, 0.05) is 122 Å². The van der Waals surface area contributed by atoms with Crippen molar-refractivity contribution in [3.05, 3.63) is 51.4 Å². The highest BCUT2D eigenvalue weighted by Crippen LogP contribution is 2.61. The minimum absolute atomic E-state index is 0.143.